The van der Waals surface area contributed by atoms with Crippen LogP contribution in [0.25, 0.3) is 0 Å². The molecule has 0 spiro atoms. The van der Waals surface area contributed by atoms with Crippen molar-refractivity contribution in [2.45, 2.75) is 13.3 Å². The van der Waals surface area contributed by atoms with E-state index in [1.165, 1.54) is 6.26 Å². The Kier molecular flexibility index (Phi) is 6.28. The Hall–Kier alpha value is -0.130. The summed E-state index contributed by atoms with van der Waals surface area (Å²) in [6.45, 7) is 4.34. The van der Waals surface area contributed by atoms with Crippen LogP contribution in [0.15, 0.2) is 0 Å². The summed E-state index contributed by atoms with van der Waals surface area (Å²) in [6.07, 6.45) is 1.89. The van der Waals surface area contributed by atoms with Gasteiger partial charge in [-0.3, -0.25) is 0 Å². The fourth-order valence-electron chi connectivity index (χ4n) is 1.12. The maximum Gasteiger partial charge on any atom is 0.147 e. The Bertz CT molecular complexity index is 213. The van der Waals surface area contributed by atoms with E-state index in [9.17, 15) is 8.42 Å². The van der Waals surface area contributed by atoms with Crippen molar-refractivity contribution in [3.8, 4) is 0 Å². The highest BCUT2D eigenvalue weighted by atomic mass is 32.2. The molecular formula is C8H19NO3S. The van der Waals surface area contributed by atoms with Crippen LogP contribution < -0.4 is 0 Å². The molecule has 0 unspecified atom stereocenters. The van der Waals surface area contributed by atoms with Crippen LogP contribution >= 0.6 is 0 Å². The van der Waals surface area contributed by atoms with Gasteiger partial charge in [0.05, 0.1) is 12.4 Å². The first-order valence-corrected chi connectivity index (χ1v) is 6.56. The van der Waals surface area contributed by atoms with Gasteiger partial charge in [-0.25, -0.2) is 8.42 Å². The lowest BCUT2D eigenvalue weighted by Crippen LogP contribution is -2.28. The summed E-state index contributed by atoms with van der Waals surface area (Å²) >= 11 is 0. The summed E-state index contributed by atoms with van der Waals surface area (Å²) in [7, 11) is -2.83. The molecular weight excluding hydrogens is 190 g/mol. The lowest BCUT2D eigenvalue weighted by Gasteiger charge is -2.18. The summed E-state index contributed by atoms with van der Waals surface area (Å²) in [6, 6.07) is 0. The van der Waals surface area contributed by atoms with E-state index in [0.29, 0.717) is 13.0 Å². The third-order valence-corrected chi connectivity index (χ3v) is 2.88. The molecule has 0 saturated heterocycles. The number of sulfone groups is 1. The lowest BCUT2D eigenvalue weighted by molar-refractivity contribution is 0.202. The van der Waals surface area contributed by atoms with Crippen LogP contribution in [-0.2, 0) is 9.84 Å². The van der Waals surface area contributed by atoms with Crippen molar-refractivity contribution in [3.63, 3.8) is 0 Å². The molecule has 1 N–H and O–H groups in total. The van der Waals surface area contributed by atoms with Crippen LogP contribution in [0.3, 0.4) is 0 Å². The highest BCUT2D eigenvalue weighted by molar-refractivity contribution is 7.90. The molecule has 80 valence electrons. The van der Waals surface area contributed by atoms with Gasteiger partial charge in [-0.15, -0.1) is 0 Å². The molecule has 0 rings (SSSR count). The molecule has 0 aliphatic heterocycles. The van der Waals surface area contributed by atoms with Crippen molar-refractivity contribution in [1.29, 1.82) is 0 Å². The maximum atomic E-state index is 10.8. The van der Waals surface area contributed by atoms with Crippen molar-refractivity contribution < 1.29 is 13.5 Å². The van der Waals surface area contributed by atoms with Crippen LogP contribution in [0.2, 0.25) is 0 Å². The van der Waals surface area contributed by atoms with Gasteiger partial charge in [-0.2, -0.15) is 0 Å². The predicted molar refractivity (Wildman–Crippen MR) is 53.5 cm³/mol. The van der Waals surface area contributed by atoms with Gasteiger partial charge >= 0.3 is 0 Å². The van der Waals surface area contributed by atoms with Gasteiger partial charge in [0, 0.05) is 12.8 Å². The third kappa shape index (κ3) is 8.21. The molecule has 0 aromatic carbocycles. The molecule has 5 heteroatoms. The van der Waals surface area contributed by atoms with E-state index in [-0.39, 0.29) is 12.4 Å². The standard InChI is InChI=1S/C8H19NO3S/c1-3-9(6-7-10)5-4-8-13(2,11)12/h10H,3-8H2,1-2H3. The van der Waals surface area contributed by atoms with Gasteiger partial charge in [-0.1, -0.05) is 6.92 Å². The average Bonchev–Trinajstić information content (AvgIpc) is 2.01. The third-order valence-electron chi connectivity index (χ3n) is 1.85. The molecule has 0 aliphatic carbocycles. The molecule has 0 radical (unpaired) electrons. The summed E-state index contributed by atoms with van der Waals surface area (Å²) in [5.41, 5.74) is 0. The number of aliphatic hydroxyl groups is 1. The minimum Gasteiger partial charge on any atom is -0.395 e. The topological polar surface area (TPSA) is 57.6 Å². The molecule has 0 heterocycles. The fraction of sp³-hybridized carbons (Fsp3) is 1.00. The summed E-state index contributed by atoms with van der Waals surface area (Å²) in [5.74, 6) is 0.231. The monoisotopic (exact) mass is 209 g/mol. The van der Waals surface area contributed by atoms with Gasteiger partial charge in [0.15, 0.2) is 0 Å². The molecule has 0 saturated carbocycles. The van der Waals surface area contributed by atoms with E-state index in [4.69, 9.17) is 5.11 Å². The predicted octanol–water partition coefficient (Wildman–Crippen LogP) is -0.265. The molecule has 0 aromatic heterocycles. The second-order valence-corrected chi connectivity index (χ2v) is 5.40. The van der Waals surface area contributed by atoms with Gasteiger partial charge in [-0.05, 0) is 19.5 Å². The van der Waals surface area contributed by atoms with E-state index in [1.807, 2.05) is 11.8 Å². The van der Waals surface area contributed by atoms with Gasteiger partial charge in [0.2, 0.25) is 0 Å². The number of nitrogens with zero attached hydrogens (tertiary/aromatic N) is 1. The highest BCUT2D eigenvalue weighted by Gasteiger charge is 2.04. The van der Waals surface area contributed by atoms with Crippen LogP contribution in [0, 0.1) is 0 Å². The Balaban J connectivity index is 3.61. The van der Waals surface area contributed by atoms with Crippen LogP contribution in [0.5, 0.6) is 0 Å². The molecule has 0 bridgehead atoms. The Labute approximate surface area is 80.5 Å². The molecule has 0 aromatic rings. The maximum absolute atomic E-state index is 10.8. The van der Waals surface area contributed by atoms with Crippen molar-refractivity contribution in [3.05, 3.63) is 0 Å². The van der Waals surface area contributed by atoms with Crippen LogP contribution in [0.4, 0.5) is 0 Å². The van der Waals surface area contributed by atoms with Crippen molar-refractivity contribution in [2.75, 3.05) is 38.2 Å². The fourth-order valence-corrected chi connectivity index (χ4v) is 1.77. The van der Waals surface area contributed by atoms with E-state index in [2.05, 4.69) is 0 Å². The quantitative estimate of drug-likeness (QED) is 0.627. The number of likely N-dealkylation sites (N-methyl/N-ethyl adjacent to an activating group) is 1. The smallest absolute Gasteiger partial charge is 0.147 e. The second kappa shape index (κ2) is 6.34. The molecule has 13 heavy (non-hydrogen) atoms. The molecule has 0 amide bonds. The Morgan fingerprint density at radius 3 is 2.31 bits per heavy atom. The van der Waals surface area contributed by atoms with Gasteiger partial charge in [0.25, 0.3) is 0 Å². The van der Waals surface area contributed by atoms with E-state index >= 15 is 0 Å². The normalized spacial score (nSPS) is 12.3. The zero-order valence-corrected chi connectivity index (χ0v) is 9.18. The van der Waals surface area contributed by atoms with E-state index < -0.39 is 9.84 Å². The second-order valence-electron chi connectivity index (χ2n) is 3.14. The van der Waals surface area contributed by atoms with Crippen molar-refractivity contribution in [1.82, 2.24) is 4.90 Å². The zero-order valence-electron chi connectivity index (χ0n) is 8.36. The summed E-state index contributed by atoms with van der Waals surface area (Å²) in [5, 5.41) is 8.67. The van der Waals surface area contributed by atoms with Crippen molar-refractivity contribution >= 4 is 9.84 Å². The molecule has 0 aliphatic rings. The Morgan fingerprint density at radius 2 is 1.92 bits per heavy atom. The molecule has 0 fully saturated rings. The largest absolute Gasteiger partial charge is 0.395 e. The zero-order chi connectivity index (χ0) is 10.3. The van der Waals surface area contributed by atoms with Crippen LogP contribution in [-0.4, -0.2) is 56.7 Å². The minimum absolute atomic E-state index is 0.132. The number of rotatable bonds is 7. The average molecular weight is 209 g/mol. The Morgan fingerprint density at radius 1 is 1.31 bits per heavy atom. The van der Waals surface area contributed by atoms with Gasteiger partial charge in [0.1, 0.15) is 9.84 Å². The SMILES string of the molecule is CCN(CCO)CCCS(C)(=O)=O. The van der Waals surface area contributed by atoms with E-state index in [1.54, 1.807) is 0 Å². The first-order chi connectivity index (χ1) is 5.99. The first-order valence-electron chi connectivity index (χ1n) is 4.50. The lowest BCUT2D eigenvalue weighted by atomic mass is 10.4. The van der Waals surface area contributed by atoms with Crippen LogP contribution in [0.1, 0.15) is 13.3 Å². The highest BCUT2D eigenvalue weighted by Crippen LogP contribution is 1.94. The number of hydrogen-bond acceptors (Lipinski definition) is 4. The molecule has 0 atom stereocenters. The molecule has 4 nitrogen and oxygen atoms in total. The summed E-state index contributed by atoms with van der Waals surface area (Å²) in [4.78, 5) is 2.03. The summed E-state index contributed by atoms with van der Waals surface area (Å²) < 4.78 is 21.6. The first kappa shape index (κ1) is 12.9. The minimum atomic E-state index is -2.83. The van der Waals surface area contributed by atoms with Gasteiger partial charge < -0.3 is 10.0 Å². The van der Waals surface area contributed by atoms with E-state index in [0.717, 1.165) is 13.1 Å². The number of aliphatic hydroxyl groups excluding tert-OH is 1. The number of hydrogen-bond donors (Lipinski definition) is 1. The van der Waals surface area contributed by atoms with Crippen molar-refractivity contribution in [2.24, 2.45) is 0 Å².